The Morgan fingerprint density at radius 3 is 2.67 bits per heavy atom. The molecule has 1 N–H and O–H groups in total. The molecule has 0 bridgehead atoms. The average molecular weight is 462 g/mol. The fourth-order valence-corrected chi connectivity index (χ4v) is 6.09. The second-order valence-electron chi connectivity index (χ2n) is 9.26. The fourth-order valence-electron chi connectivity index (χ4n) is 4.92. The minimum atomic E-state index is -0.978. The number of benzene rings is 2. The number of carboxylic acid groups (broad SMARTS) is 1. The number of hydrogen-bond donors (Lipinski definition) is 1. The summed E-state index contributed by atoms with van der Waals surface area (Å²) in [5.41, 5.74) is 3.56. The van der Waals surface area contributed by atoms with Crippen LogP contribution < -0.4 is 4.74 Å². The molecule has 2 aromatic heterocycles. The predicted molar refractivity (Wildman–Crippen MR) is 133 cm³/mol. The molecule has 1 fully saturated rings. The number of nitrogens with zero attached hydrogens (tertiary/aromatic N) is 1. The van der Waals surface area contributed by atoms with E-state index in [1.165, 1.54) is 10.1 Å². The molecule has 0 amide bonds. The molecule has 0 saturated heterocycles. The van der Waals surface area contributed by atoms with Crippen molar-refractivity contribution in [1.29, 1.82) is 0 Å². The minimum absolute atomic E-state index is 0.0752. The molecule has 33 heavy (non-hydrogen) atoms. The summed E-state index contributed by atoms with van der Waals surface area (Å²) < 4.78 is 12.9. The van der Waals surface area contributed by atoms with Crippen LogP contribution >= 0.6 is 11.3 Å². The van der Waals surface area contributed by atoms with Crippen LogP contribution in [-0.2, 0) is 4.74 Å². The fraction of sp³-hybridized carbons (Fsp3) is 0.333. The highest BCUT2D eigenvalue weighted by Gasteiger charge is 2.40. The molecule has 4 aromatic rings. The number of aromatic carboxylic acids is 1. The summed E-state index contributed by atoms with van der Waals surface area (Å²) in [6, 6.07) is 13.7. The van der Waals surface area contributed by atoms with Crippen molar-refractivity contribution in [3.05, 3.63) is 59.2 Å². The van der Waals surface area contributed by atoms with Gasteiger partial charge < -0.3 is 14.6 Å². The number of aromatic nitrogens is 1. The maximum Gasteiger partial charge on any atom is 0.336 e. The molecular weight excluding hydrogens is 434 g/mol. The van der Waals surface area contributed by atoms with Crippen LogP contribution in [0.3, 0.4) is 0 Å². The Labute approximate surface area is 197 Å². The quantitative estimate of drug-likeness (QED) is 0.349. The van der Waals surface area contributed by atoms with Gasteiger partial charge in [-0.15, -0.1) is 11.3 Å². The van der Waals surface area contributed by atoms with E-state index in [9.17, 15) is 9.90 Å². The first kappa shape index (κ1) is 21.9. The second kappa shape index (κ2) is 8.12. The second-order valence-corrected chi connectivity index (χ2v) is 10.3. The maximum absolute atomic E-state index is 12.4. The van der Waals surface area contributed by atoms with Gasteiger partial charge in [-0.05, 0) is 74.2 Å². The van der Waals surface area contributed by atoms with Gasteiger partial charge in [0.05, 0.1) is 39.2 Å². The lowest BCUT2D eigenvalue weighted by atomic mass is 9.72. The van der Waals surface area contributed by atoms with Gasteiger partial charge >= 0.3 is 5.97 Å². The van der Waals surface area contributed by atoms with Crippen molar-refractivity contribution in [1.82, 2.24) is 4.98 Å². The molecule has 5 nitrogen and oxygen atoms in total. The molecule has 1 aliphatic carbocycles. The van der Waals surface area contributed by atoms with E-state index in [0.29, 0.717) is 34.9 Å². The number of rotatable bonds is 6. The number of fused-ring (bicyclic) bond motifs is 2. The highest BCUT2D eigenvalue weighted by molar-refractivity contribution is 7.22. The number of ether oxygens (including phenoxy) is 2. The van der Waals surface area contributed by atoms with Gasteiger partial charge in [0.2, 0.25) is 0 Å². The van der Waals surface area contributed by atoms with Crippen molar-refractivity contribution in [2.45, 2.75) is 39.2 Å². The van der Waals surface area contributed by atoms with Crippen LogP contribution in [0.25, 0.3) is 31.6 Å². The van der Waals surface area contributed by atoms with Crippen molar-refractivity contribution < 1.29 is 19.4 Å². The van der Waals surface area contributed by atoms with Crippen LogP contribution in [0.2, 0.25) is 0 Å². The monoisotopic (exact) mass is 461 g/mol. The standard InChI is InChI=1S/C27H27NO4S/c1-15-9-10-21(32-14-17-12-27(3,13-17)31-4)23-19(26(29)30)11-20(28-24(15)23)25-16(2)18-7-5-6-8-22(18)33-25/h5-11,17H,12-14H2,1-4H3,(H,29,30)/t17-,27+. The molecule has 0 spiro atoms. The summed E-state index contributed by atoms with van der Waals surface area (Å²) in [7, 11) is 1.74. The molecule has 0 aliphatic heterocycles. The molecule has 6 heteroatoms. The van der Waals surface area contributed by atoms with Crippen molar-refractivity contribution in [2.24, 2.45) is 5.92 Å². The summed E-state index contributed by atoms with van der Waals surface area (Å²) in [4.78, 5) is 18.3. The number of carboxylic acids is 1. The zero-order chi connectivity index (χ0) is 23.3. The Balaban J connectivity index is 1.58. The lowest BCUT2D eigenvalue weighted by Crippen LogP contribution is -2.44. The van der Waals surface area contributed by atoms with Crippen LogP contribution in [0.1, 0.15) is 41.3 Å². The number of thiophene rings is 1. The van der Waals surface area contributed by atoms with E-state index < -0.39 is 5.97 Å². The Bertz CT molecular complexity index is 1380. The van der Waals surface area contributed by atoms with Gasteiger partial charge in [-0.1, -0.05) is 24.3 Å². The molecule has 2 heterocycles. The van der Waals surface area contributed by atoms with Crippen LogP contribution in [0, 0.1) is 19.8 Å². The van der Waals surface area contributed by atoms with Crippen molar-refractivity contribution in [2.75, 3.05) is 13.7 Å². The van der Waals surface area contributed by atoms with Gasteiger partial charge in [0.15, 0.2) is 0 Å². The zero-order valence-corrected chi connectivity index (χ0v) is 20.1. The van der Waals surface area contributed by atoms with Gasteiger partial charge in [0.25, 0.3) is 0 Å². The Kier molecular flexibility index (Phi) is 5.38. The van der Waals surface area contributed by atoms with Gasteiger partial charge in [0, 0.05) is 11.8 Å². The minimum Gasteiger partial charge on any atom is -0.493 e. The average Bonchev–Trinajstić information content (AvgIpc) is 3.13. The smallest absolute Gasteiger partial charge is 0.336 e. The van der Waals surface area contributed by atoms with E-state index in [1.54, 1.807) is 24.5 Å². The van der Waals surface area contributed by atoms with Crippen molar-refractivity contribution in [3.63, 3.8) is 0 Å². The first-order valence-electron chi connectivity index (χ1n) is 11.1. The van der Waals surface area contributed by atoms with E-state index in [1.807, 2.05) is 31.2 Å². The maximum atomic E-state index is 12.4. The first-order valence-corrected chi connectivity index (χ1v) is 12.0. The van der Waals surface area contributed by atoms with E-state index in [4.69, 9.17) is 14.5 Å². The van der Waals surface area contributed by atoms with Gasteiger partial charge in [-0.2, -0.15) is 0 Å². The Hall–Kier alpha value is -2.96. The first-order chi connectivity index (χ1) is 15.8. The SMILES string of the molecule is CO[C@]1(C)C[C@H](COc2ccc(C)c3nc(-c4sc5ccccc5c4C)cc(C(=O)O)c23)C1. The summed E-state index contributed by atoms with van der Waals surface area (Å²) in [6.45, 7) is 6.67. The van der Waals surface area contributed by atoms with E-state index in [-0.39, 0.29) is 11.2 Å². The molecule has 1 aliphatic rings. The number of pyridine rings is 1. The third kappa shape index (κ3) is 3.77. The lowest BCUT2D eigenvalue weighted by molar-refractivity contribution is -0.0990. The van der Waals surface area contributed by atoms with Crippen LogP contribution in [-0.4, -0.2) is 35.4 Å². The summed E-state index contributed by atoms with van der Waals surface area (Å²) in [6.07, 6.45) is 1.87. The molecule has 1 saturated carbocycles. The predicted octanol–water partition coefficient (Wildman–Crippen LogP) is 6.63. The molecule has 5 rings (SSSR count). The summed E-state index contributed by atoms with van der Waals surface area (Å²) in [5.74, 6) is -0.00684. The zero-order valence-electron chi connectivity index (χ0n) is 19.3. The van der Waals surface area contributed by atoms with Gasteiger partial charge in [-0.3, -0.25) is 0 Å². The molecule has 0 atom stereocenters. The highest BCUT2D eigenvalue weighted by atomic mass is 32.1. The van der Waals surface area contributed by atoms with Crippen LogP contribution in [0.5, 0.6) is 5.75 Å². The summed E-state index contributed by atoms with van der Waals surface area (Å²) >= 11 is 1.64. The molecule has 0 radical (unpaired) electrons. The van der Waals surface area contributed by atoms with E-state index in [2.05, 4.69) is 26.0 Å². The molecule has 2 aromatic carbocycles. The van der Waals surface area contributed by atoms with Crippen molar-refractivity contribution >= 4 is 38.3 Å². The Morgan fingerprint density at radius 2 is 1.97 bits per heavy atom. The van der Waals surface area contributed by atoms with Gasteiger partial charge in [-0.25, -0.2) is 9.78 Å². The number of hydrogen-bond acceptors (Lipinski definition) is 5. The number of methoxy groups -OCH3 is 1. The van der Waals surface area contributed by atoms with E-state index in [0.717, 1.165) is 28.8 Å². The highest BCUT2D eigenvalue weighted by Crippen LogP contribution is 2.42. The Morgan fingerprint density at radius 1 is 1.21 bits per heavy atom. The number of carbonyl (C=O) groups is 1. The largest absolute Gasteiger partial charge is 0.493 e. The van der Waals surface area contributed by atoms with Crippen LogP contribution in [0.15, 0.2) is 42.5 Å². The molecule has 0 unspecified atom stereocenters. The van der Waals surface area contributed by atoms with Crippen molar-refractivity contribution in [3.8, 4) is 16.3 Å². The van der Waals surface area contributed by atoms with Gasteiger partial charge in [0.1, 0.15) is 5.75 Å². The topological polar surface area (TPSA) is 68.7 Å². The molecular formula is C27H27NO4S. The molecule has 170 valence electrons. The third-order valence-electron chi connectivity index (χ3n) is 6.84. The van der Waals surface area contributed by atoms with Crippen LogP contribution in [0.4, 0.5) is 0 Å². The number of aryl methyl sites for hydroxylation is 2. The van der Waals surface area contributed by atoms with E-state index >= 15 is 0 Å². The lowest BCUT2D eigenvalue weighted by Gasteiger charge is -2.43. The summed E-state index contributed by atoms with van der Waals surface area (Å²) in [5, 5.41) is 11.9. The normalized spacial score (nSPS) is 20.2. The third-order valence-corrected chi connectivity index (χ3v) is 8.13.